The van der Waals surface area contributed by atoms with Gasteiger partial charge in [0.15, 0.2) is 0 Å². The predicted molar refractivity (Wildman–Crippen MR) is 119 cm³/mol. The van der Waals surface area contributed by atoms with Crippen LogP contribution in [0.5, 0.6) is 5.75 Å². The minimum Gasteiger partial charge on any atom is -0.495 e. The number of methoxy groups -OCH3 is 1. The van der Waals surface area contributed by atoms with E-state index in [9.17, 15) is 4.79 Å². The van der Waals surface area contributed by atoms with E-state index in [0.29, 0.717) is 38.8 Å². The molecule has 1 atom stereocenters. The second-order valence-corrected chi connectivity index (χ2v) is 7.85. The van der Waals surface area contributed by atoms with Crippen LogP contribution in [0, 0.1) is 0 Å². The Hall–Kier alpha value is -2.97. The standard InChI is InChI=1S/C21H20ClN5O2S/c1-12-17(19(28)24-15-6-4-5-7-16(15)29-2)18(13-8-10-14(22)11-9-13)27-20(23-12)25-21(26-27)30-3/h4-11,18H,1-3H3,(H,24,28)(H,23,25,26)/t18-/m0/s1. The van der Waals surface area contributed by atoms with E-state index in [-0.39, 0.29) is 5.91 Å². The van der Waals surface area contributed by atoms with Gasteiger partial charge in [-0.3, -0.25) is 4.79 Å². The summed E-state index contributed by atoms with van der Waals surface area (Å²) in [6, 6.07) is 14.2. The highest BCUT2D eigenvalue weighted by molar-refractivity contribution is 7.98. The van der Waals surface area contributed by atoms with E-state index in [4.69, 9.17) is 16.3 Å². The lowest BCUT2D eigenvalue weighted by Gasteiger charge is -2.28. The van der Waals surface area contributed by atoms with Crippen molar-refractivity contribution in [2.24, 2.45) is 0 Å². The van der Waals surface area contributed by atoms with Crippen LogP contribution in [0.2, 0.25) is 5.02 Å². The number of aromatic nitrogens is 3. The Bertz CT molecular complexity index is 1130. The molecule has 1 aliphatic heterocycles. The molecule has 1 amide bonds. The predicted octanol–water partition coefficient (Wildman–Crippen LogP) is 4.59. The zero-order valence-corrected chi connectivity index (χ0v) is 18.2. The largest absolute Gasteiger partial charge is 0.495 e. The smallest absolute Gasteiger partial charge is 0.255 e. The number of ether oxygens (including phenoxy) is 1. The molecule has 0 spiro atoms. The van der Waals surface area contributed by atoms with E-state index in [1.807, 2.05) is 37.4 Å². The number of anilines is 2. The monoisotopic (exact) mass is 441 g/mol. The average molecular weight is 442 g/mol. The zero-order chi connectivity index (χ0) is 21.3. The molecule has 1 aliphatic rings. The minimum atomic E-state index is -0.457. The molecular weight excluding hydrogens is 422 g/mol. The van der Waals surface area contributed by atoms with E-state index < -0.39 is 6.04 Å². The van der Waals surface area contributed by atoms with E-state index in [1.54, 1.807) is 36.1 Å². The number of hydrogen-bond acceptors (Lipinski definition) is 6. The van der Waals surface area contributed by atoms with Gasteiger partial charge in [0.2, 0.25) is 11.1 Å². The number of allylic oxidation sites excluding steroid dienone is 1. The quantitative estimate of drug-likeness (QED) is 0.563. The van der Waals surface area contributed by atoms with Crippen molar-refractivity contribution in [1.82, 2.24) is 14.8 Å². The molecule has 3 aromatic rings. The number of thioether (sulfide) groups is 1. The lowest BCUT2D eigenvalue weighted by molar-refractivity contribution is -0.113. The highest BCUT2D eigenvalue weighted by Gasteiger charge is 2.34. The van der Waals surface area contributed by atoms with Crippen LogP contribution in [0.3, 0.4) is 0 Å². The number of carbonyl (C=O) groups is 1. The van der Waals surface area contributed by atoms with Crippen molar-refractivity contribution in [2.75, 3.05) is 24.0 Å². The Morgan fingerprint density at radius 2 is 1.97 bits per heavy atom. The van der Waals surface area contributed by atoms with E-state index >= 15 is 0 Å². The number of hydrogen-bond donors (Lipinski definition) is 2. The molecule has 0 unspecified atom stereocenters. The summed E-state index contributed by atoms with van der Waals surface area (Å²) in [5.74, 6) is 0.920. The van der Waals surface area contributed by atoms with Gasteiger partial charge in [-0.05, 0) is 43.0 Å². The number of rotatable bonds is 5. The first-order valence-corrected chi connectivity index (χ1v) is 10.8. The third-order valence-corrected chi connectivity index (χ3v) is 5.59. The molecule has 2 N–H and O–H groups in total. The van der Waals surface area contributed by atoms with E-state index in [0.717, 1.165) is 5.56 Å². The Kier molecular flexibility index (Phi) is 5.69. The van der Waals surface area contributed by atoms with Crippen LogP contribution < -0.4 is 15.4 Å². The molecule has 0 radical (unpaired) electrons. The second-order valence-electron chi connectivity index (χ2n) is 6.64. The van der Waals surface area contributed by atoms with E-state index in [1.165, 1.54) is 11.8 Å². The van der Waals surface area contributed by atoms with Gasteiger partial charge in [0.05, 0.1) is 18.4 Å². The van der Waals surface area contributed by atoms with Crippen molar-refractivity contribution < 1.29 is 9.53 Å². The summed E-state index contributed by atoms with van der Waals surface area (Å²) in [6.07, 6.45) is 1.91. The van der Waals surface area contributed by atoms with Gasteiger partial charge >= 0.3 is 0 Å². The summed E-state index contributed by atoms with van der Waals surface area (Å²) in [4.78, 5) is 17.9. The molecule has 9 heteroatoms. The Morgan fingerprint density at radius 1 is 1.23 bits per heavy atom. The van der Waals surface area contributed by atoms with Gasteiger partial charge < -0.3 is 15.4 Å². The van der Waals surface area contributed by atoms with Gasteiger partial charge in [-0.2, -0.15) is 4.98 Å². The molecule has 7 nitrogen and oxygen atoms in total. The molecule has 0 saturated heterocycles. The lowest BCUT2D eigenvalue weighted by atomic mass is 9.95. The third-order valence-electron chi connectivity index (χ3n) is 4.80. The molecule has 0 bridgehead atoms. The number of para-hydroxylation sites is 2. The lowest BCUT2D eigenvalue weighted by Crippen LogP contribution is -2.31. The molecule has 1 aromatic heterocycles. The van der Waals surface area contributed by atoms with Gasteiger partial charge in [-0.25, -0.2) is 4.68 Å². The van der Waals surface area contributed by atoms with Gasteiger partial charge in [0.1, 0.15) is 11.8 Å². The molecule has 2 aromatic carbocycles. The SMILES string of the molecule is COc1ccccc1NC(=O)C1=C(C)Nc2nc(SC)nn2[C@H]1c1ccc(Cl)cc1. The van der Waals surface area contributed by atoms with Crippen LogP contribution in [-0.4, -0.2) is 34.0 Å². The van der Waals surface area contributed by atoms with Crippen molar-refractivity contribution in [3.8, 4) is 5.75 Å². The van der Waals surface area contributed by atoms with Crippen LogP contribution in [-0.2, 0) is 4.79 Å². The molecule has 0 fully saturated rings. The van der Waals surface area contributed by atoms with E-state index in [2.05, 4.69) is 20.7 Å². The van der Waals surface area contributed by atoms with Crippen molar-refractivity contribution in [3.63, 3.8) is 0 Å². The Balaban J connectivity index is 1.79. The van der Waals surface area contributed by atoms with Gasteiger partial charge in [0.25, 0.3) is 5.91 Å². The summed E-state index contributed by atoms with van der Waals surface area (Å²) in [6.45, 7) is 1.86. The van der Waals surface area contributed by atoms with Crippen LogP contribution in [0.1, 0.15) is 18.5 Å². The van der Waals surface area contributed by atoms with Gasteiger partial charge in [0, 0.05) is 10.7 Å². The second kappa shape index (κ2) is 8.41. The molecule has 154 valence electrons. The van der Waals surface area contributed by atoms with Crippen LogP contribution in [0.15, 0.2) is 65.0 Å². The molecule has 0 saturated carbocycles. The molecule has 2 heterocycles. The first-order chi connectivity index (χ1) is 14.5. The zero-order valence-electron chi connectivity index (χ0n) is 16.6. The summed E-state index contributed by atoms with van der Waals surface area (Å²) < 4.78 is 7.10. The number of nitrogens with zero attached hydrogens (tertiary/aromatic N) is 3. The minimum absolute atomic E-state index is 0.253. The number of benzene rings is 2. The maximum absolute atomic E-state index is 13.4. The van der Waals surface area contributed by atoms with Crippen LogP contribution in [0.25, 0.3) is 0 Å². The topological polar surface area (TPSA) is 81.1 Å². The number of nitrogens with one attached hydrogen (secondary N) is 2. The fourth-order valence-electron chi connectivity index (χ4n) is 3.40. The first kappa shape index (κ1) is 20.3. The molecule has 30 heavy (non-hydrogen) atoms. The average Bonchev–Trinajstić information content (AvgIpc) is 3.16. The normalized spacial score (nSPS) is 15.4. The molecule has 0 aliphatic carbocycles. The Morgan fingerprint density at radius 3 is 2.67 bits per heavy atom. The maximum atomic E-state index is 13.4. The third kappa shape index (κ3) is 3.76. The Labute approximate surface area is 183 Å². The number of amides is 1. The number of fused-ring (bicyclic) bond motifs is 1. The van der Waals surface area contributed by atoms with Crippen molar-refractivity contribution in [2.45, 2.75) is 18.1 Å². The summed E-state index contributed by atoms with van der Waals surface area (Å²) in [7, 11) is 1.57. The highest BCUT2D eigenvalue weighted by Crippen LogP contribution is 2.37. The summed E-state index contributed by atoms with van der Waals surface area (Å²) >= 11 is 7.53. The summed E-state index contributed by atoms with van der Waals surface area (Å²) in [5, 5.41) is 12.0. The fraction of sp³-hybridized carbons (Fsp3) is 0.190. The maximum Gasteiger partial charge on any atom is 0.255 e. The number of halogens is 1. The van der Waals surface area contributed by atoms with Crippen molar-refractivity contribution in [1.29, 1.82) is 0 Å². The summed E-state index contributed by atoms with van der Waals surface area (Å²) in [5.41, 5.74) is 2.71. The fourth-order valence-corrected chi connectivity index (χ4v) is 3.88. The molecule has 4 rings (SSSR count). The molecular formula is C21H20ClN5O2S. The van der Waals surface area contributed by atoms with Crippen molar-refractivity contribution >= 4 is 40.9 Å². The number of carbonyl (C=O) groups excluding carboxylic acids is 1. The van der Waals surface area contributed by atoms with Gasteiger partial charge in [-0.15, -0.1) is 5.10 Å². The van der Waals surface area contributed by atoms with Crippen LogP contribution >= 0.6 is 23.4 Å². The van der Waals surface area contributed by atoms with Crippen LogP contribution in [0.4, 0.5) is 11.6 Å². The van der Waals surface area contributed by atoms with Crippen molar-refractivity contribution in [3.05, 3.63) is 70.4 Å². The first-order valence-electron chi connectivity index (χ1n) is 9.20. The van der Waals surface area contributed by atoms with Gasteiger partial charge in [-0.1, -0.05) is 47.6 Å². The highest BCUT2D eigenvalue weighted by atomic mass is 35.5.